The van der Waals surface area contributed by atoms with E-state index in [0.717, 1.165) is 12.3 Å². The Morgan fingerprint density at radius 1 is 1.22 bits per heavy atom. The molecule has 0 aliphatic heterocycles. The number of aromatic nitrogens is 5. The highest BCUT2D eigenvalue weighted by Gasteiger charge is 2.36. The van der Waals surface area contributed by atoms with Crippen molar-refractivity contribution >= 4 is 17.2 Å². The van der Waals surface area contributed by atoms with E-state index in [-0.39, 0.29) is 41.4 Å². The number of halogens is 3. The lowest BCUT2D eigenvalue weighted by atomic mass is 10.1. The van der Waals surface area contributed by atoms with Crippen LogP contribution in [0, 0.1) is 24.0 Å². The van der Waals surface area contributed by atoms with Crippen LogP contribution in [0.25, 0.3) is 16.9 Å². The lowest BCUT2D eigenvalue weighted by molar-refractivity contribution is -0.386. The van der Waals surface area contributed by atoms with Gasteiger partial charge in [0.2, 0.25) is 0 Å². The van der Waals surface area contributed by atoms with Crippen LogP contribution in [-0.2, 0) is 12.7 Å². The molecular weight excluding hydrogens is 483 g/mol. The quantitative estimate of drug-likeness (QED) is 0.301. The van der Waals surface area contributed by atoms with Crippen molar-refractivity contribution in [2.75, 3.05) is 13.7 Å². The number of methoxy groups -OCH3 is 1. The van der Waals surface area contributed by atoms with Crippen molar-refractivity contribution in [2.24, 2.45) is 0 Å². The number of carbonyl (C=O) groups excluding carboxylic acids is 1. The van der Waals surface area contributed by atoms with Gasteiger partial charge in [-0.2, -0.15) is 23.4 Å². The van der Waals surface area contributed by atoms with E-state index in [2.05, 4.69) is 20.5 Å². The van der Waals surface area contributed by atoms with E-state index >= 15 is 0 Å². The molecule has 1 aromatic carbocycles. The summed E-state index contributed by atoms with van der Waals surface area (Å²) in [5.74, 6) is -0.179. The minimum atomic E-state index is -4.76. The third-order valence-corrected chi connectivity index (χ3v) is 5.53. The number of benzene rings is 1. The Morgan fingerprint density at radius 3 is 2.50 bits per heavy atom. The number of carbonyl (C=O) groups is 1. The van der Waals surface area contributed by atoms with Crippen LogP contribution in [0.1, 0.15) is 27.4 Å². The largest absolute Gasteiger partial charge is 0.497 e. The van der Waals surface area contributed by atoms with Crippen molar-refractivity contribution in [3.05, 3.63) is 69.3 Å². The third-order valence-electron chi connectivity index (χ3n) is 5.53. The molecule has 188 valence electrons. The van der Waals surface area contributed by atoms with Gasteiger partial charge in [0, 0.05) is 12.1 Å². The van der Waals surface area contributed by atoms with Gasteiger partial charge in [0.25, 0.3) is 5.91 Å². The van der Waals surface area contributed by atoms with Gasteiger partial charge in [0.1, 0.15) is 22.7 Å². The fraction of sp³-hybridized carbons (Fsp3) is 0.273. The SMILES string of the molecule is COc1ccc(-c2cc(C(F)(F)F)n3ncc(C(=O)NCCn4nc(C)c([N+](=O)[O-])c4C)c3n2)cc1. The number of ether oxygens (including phenoxy) is 1. The predicted molar refractivity (Wildman–Crippen MR) is 121 cm³/mol. The Hall–Kier alpha value is -4.49. The standard InChI is InChI=1S/C22H20F3N7O4/c1-12-19(32(34)35)13(2)30(29-12)9-8-26-21(33)16-11-27-31-18(22(23,24)25)10-17(28-20(16)31)14-4-6-15(36-3)7-5-14/h4-7,10-11H,8-9H2,1-3H3,(H,26,33). The van der Waals surface area contributed by atoms with Crippen molar-refractivity contribution in [1.29, 1.82) is 0 Å². The lowest BCUT2D eigenvalue weighted by Gasteiger charge is -2.12. The van der Waals surface area contributed by atoms with Crippen molar-refractivity contribution < 1.29 is 27.6 Å². The fourth-order valence-corrected chi connectivity index (χ4v) is 3.77. The number of alkyl halides is 3. The topological polar surface area (TPSA) is 129 Å². The fourth-order valence-electron chi connectivity index (χ4n) is 3.77. The first kappa shape index (κ1) is 24.6. The summed E-state index contributed by atoms with van der Waals surface area (Å²) in [6, 6.07) is 7.14. The average molecular weight is 503 g/mol. The molecule has 1 N–H and O–H groups in total. The van der Waals surface area contributed by atoms with E-state index in [1.165, 1.54) is 25.6 Å². The predicted octanol–water partition coefficient (Wildman–Crippen LogP) is 3.58. The third kappa shape index (κ3) is 4.56. The van der Waals surface area contributed by atoms with Crippen LogP contribution >= 0.6 is 0 Å². The maximum atomic E-state index is 13.8. The van der Waals surface area contributed by atoms with Gasteiger partial charge in [-0.05, 0) is 44.2 Å². The number of amides is 1. The first-order chi connectivity index (χ1) is 17.0. The molecule has 1 amide bonds. The van der Waals surface area contributed by atoms with Gasteiger partial charge < -0.3 is 10.1 Å². The summed E-state index contributed by atoms with van der Waals surface area (Å²) in [5, 5.41) is 21.6. The van der Waals surface area contributed by atoms with E-state index in [4.69, 9.17) is 4.74 Å². The summed E-state index contributed by atoms with van der Waals surface area (Å²) < 4.78 is 48.4. The van der Waals surface area contributed by atoms with Gasteiger partial charge in [-0.25, -0.2) is 9.50 Å². The van der Waals surface area contributed by atoms with E-state index in [9.17, 15) is 28.1 Å². The molecule has 0 radical (unpaired) electrons. The van der Waals surface area contributed by atoms with Crippen LogP contribution in [0.2, 0.25) is 0 Å². The van der Waals surface area contributed by atoms with Crippen molar-refractivity contribution in [2.45, 2.75) is 26.6 Å². The van der Waals surface area contributed by atoms with Gasteiger partial charge in [-0.1, -0.05) is 0 Å². The van der Waals surface area contributed by atoms with Crippen LogP contribution in [0.4, 0.5) is 18.9 Å². The molecule has 3 aromatic heterocycles. The van der Waals surface area contributed by atoms with E-state index in [0.29, 0.717) is 21.5 Å². The molecule has 14 heteroatoms. The summed E-state index contributed by atoms with van der Waals surface area (Å²) in [5.41, 5.74) is -0.675. The Labute approximate surface area is 201 Å². The van der Waals surface area contributed by atoms with Gasteiger partial charge in [0.05, 0.1) is 30.5 Å². The minimum absolute atomic E-state index is 0.00183. The lowest BCUT2D eigenvalue weighted by Crippen LogP contribution is -2.28. The highest BCUT2D eigenvalue weighted by molar-refractivity contribution is 5.99. The first-order valence-electron chi connectivity index (χ1n) is 10.6. The van der Waals surface area contributed by atoms with Crippen molar-refractivity contribution in [3.63, 3.8) is 0 Å². The molecular formula is C22H20F3N7O4. The molecule has 0 saturated carbocycles. The maximum absolute atomic E-state index is 13.8. The van der Waals surface area contributed by atoms with Crippen LogP contribution in [-0.4, -0.2) is 48.9 Å². The summed E-state index contributed by atoms with van der Waals surface area (Å²) in [7, 11) is 1.47. The number of rotatable bonds is 7. The summed E-state index contributed by atoms with van der Waals surface area (Å²) >= 11 is 0. The molecule has 0 fully saturated rings. The average Bonchev–Trinajstić information content (AvgIpc) is 3.37. The zero-order valence-corrected chi connectivity index (χ0v) is 19.3. The molecule has 0 bridgehead atoms. The Balaban J connectivity index is 1.63. The van der Waals surface area contributed by atoms with Gasteiger partial charge >= 0.3 is 11.9 Å². The molecule has 36 heavy (non-hydrogen) atoms. The molecule has 11 nitrogen and oxygen atoms in total. The van der Waals surface area contributed by atoms with E-state index in [1.54, 1.807) is 24.3 Å². The smallest absolute Gasteiger partial charge is 0.433 e. The minimum Gasteiger partial charge on any atom is -0.497 e. The van der Waals surface area contributed by atoms with E-state index < -0.39 is 22.7 Å². The molecule has 0 aliphatic carbocycles. The number of nitrogens with zero attached hydrogens (tertiary/aromatic N) is 6. The second-order valence-electron chi connectivity index (χ2n) is 7.80. The molecule has 0 aliphatic rings. The second kappa shape index (κ2) is 9.28. The molecule has 0 spiro atoms. The van der Waals surface area contributed by atoms with Crippen LogP contribution in [0.5, 0.6) is 5.75 Å². The Bertz CT molecular complexity index is 1460. The number of nitro groups is 1. The van der Waals surface area contributed by atoms with Gasteiger partial charge in [-0.3, -0.25) is 19.6 Å². The molecule has 4 aromatic rings. The molecule has 4 rings (SSSR count). The second-order valence-corrected chi connectivity index (χ2v) is 7.80. The molecule has 0 unspecified atom stereocenters. The molecule has 0 saturated heterocycles. The first-order valence-corrected chi connectivity index (χ1v) is 10.6. The van der Waals surface area contributed by atoms with Gasteiger partial charge in [-0.15, -0.1) is 0 Å². The molecule has 3 heterocycles. The van der Waals surface area contributed by atoms with E-state index in [1.807, 2.05) is 0 Å². The molecule has 0 atom stereocenters. The number of hydrogen-bond donors (Lipinski definition) is 1. The Kier molecular flexibility index (Phi) is 6.35. The summed E-state index contributed by atoms with van der Waals surface area (Å²) in [6.45, 7) is 3.17. The van der Waals surface area contributed by atoms with Crippen molar-refractivity contribution in [1.82, 2.24) is 29.7 Å². The normalized spacial score (nSPS) is 11.6. The summed E-state index contributed by atoms with van der Waals surface area (Å²) in [6.07, 6.45) is -3.74. The maximum Gasteiger partial charge on any atom is 0.433 e. The number of fused-ring (bicyclic) bond motifs is 1. The number of hydrogen-bond acceptors (Lipinski definition) is 7. The highest BCUT2D eigenvalue weighted by Crippen LogP contribution is 2.33. The zero-order chi connectivity index (χ0) is 26.2. The number of aryl methyl sites for hydroxylation is 1. The number of nitrogens with one attached hydrogen (secondary N) is 1. The zero-order valence-electron chi connectivity index (χ0n) is 19.3. The van der Waals surface area contributed by atoms with Gasteiger partial charge in [0.15, 0.2) is 11.3 Å². The van der Waals surface area contributed by atoms with Crippen molar-refractivity contribution in [3.8, 4) is 17.0 Å². The van der Waals surface area contributed by atoms with Crippen LogP contribution in [0.15, 0.2) is 36.5 Å². The highest BCUT2D eigenvalue weighted by atomic mass is 19.4. The Morgan fingerprint density at radius 2 is 1.92 bits per heavy atom. The van der Waals surface area contributed by atoms with Crippen LogP contribution in [0.3, 0.4) is 0 Å². The monoisotopic (exact) mass is 503 g/mol. The van der Waals surface area contributed by atoms with Crippen LogP contribution < -0.4 is 10.1 Å². The summed E-state index contributed by atoms with van der Waals surface area (Å²) in [4.78, 5) is 27.7.